The van der Waals surface area contributed by atoms with Gasteiger partial charge in [-0.3, -0.25) is 9.59 Å². The molecule has 6 nitrogen and oxygen atoms in total. The van der Waals surface area contributed by atoms with Crippen LogP contribution in [0, 0.1) is 5.92 Å². The Kier molecular flexibility index (Phi) is 5.33. The number of esters is 1. The normalized spacial score (nSPS) is 21.0. The van der Waals surface area contributed by atoms with Crippen molar-refractivity contribution < 1.29 is 14.3 Å². The summed E-state index contributed by atoms with van der Waals surface area (Å²) in [6.45, 7) is 5.27. The van der Waals surface area contributed by atoms with Crippen molar-refractivity contribution in [2.24, 2.45) is 5.92 Å². The van der Waals surface area contributed by atoms with E-state index in [1.807, 2.05) is 12.1 Å². The lowest BCUT2D eigenvalue weighted by atomic mass is 9.98. The number of carbonyl (C=O) groups is 2. The lowest BCUT2D eigenvalue weighted by Crippen LogP contribution is -2.43. The van der Waals surface area contributed by atoms with Gasteiger partial charge in [0.15, 0.2) is 0 Å². The molecule has 0 radical (unpaired) electrons. The second-order valence-corrected chi connectivity index (χ2v) is 6.42. The summed E-state index contributed by atoms with van der Waals surface area (Å²) >= 11 is 0. The fraction of sp³-hybridized carbons (Fsp3) is 0.611. The maximum absolute atomic E-state index is 12.8. The van der Waals surface area contributed by atoms with E-state index in [4.69, 9.17) is 4.74 Å². The van der Waals surface area contributed by atoms with Gasteiger partial charge in [-0.2, -0.15) is 0 Å². The molecule has 1 aromatic rings. The first kappa shape index (κ1) is 16.7. The van der Waals surface area contributed by atoms with E-state index in [1.165, 1.54) is 12.8 Å². The molecule has 1 aromatic heterocycles. The Bertz CT molecular complexity index is 599. The number of hydrogen-bond acceptors (Lipinski definition) is 5. The Morgan fingerprint density at radius 3 is 2.75 bits per heavy atom. The molecule has 0 N–H and O–H groups in total. The van der Waals surface area contributed by atoms with Crippen LogP contribution in [0.2, 0.25) is 0 Å². The zero-order chi connectivity index (χ0) is 16.9. The predicted octanol–water partition coefficient (Wildman–Crippen LogP) is 2.10. The molecule has 0 aliphatic carbocycles. The molecule has 3 rings (SSSR count). The third-order valence-electron chi connectivity index (χ3n) is 4.71. The van der Waals surface area contributed by atoms with Gasteiger partial charge in [-0.1, -0.05) is 6.07 Å². The predicted molar refractivity (Wildman–Crippen MR) is 90.9 cm³/mol. The molecule has 24 heavy (non-hydrogen) atoms. The molecule has 1 atom stereocenters. The molecule has 2 aliphatic heterocycles. The van der Waals surface area contributed by atoms with Crippen LogP contribution in [0.1, 0.15) is 43.1 Å². The summed E-state index contributed by atoms with van der Waals surface area (Å²) in [7, 11) is 0. The SMILES string of the molecule is CCOC(=O)C1CCCN(C(=O)c2cccc(N3CCCC3)n2)C1. The van der Waals surface area contributed by atoms with E-state index >= 15 is 0 Å². The van der Waals surface area contributed by atoms with Gasteiger partial charge in [-0.25, -0.2) is 4.98 Å². The van der Waals surface area contributed by atoms with Crippen molar-refractivity contribution in [3.05, 3.63) is 23.9 Å². The number of pyridine rings is 1. The molecule has 1 unspecified atom stereocenters. The monoisotopic (exact) mass is 331 g/mol. The molecular formula is C18H25N3O3. The average Bonchev–Trinajstić information content (AvgIpc) is 3.16. The first-order valence-corrected chi connectivity index (χ1v) is 8.87. The molecule has 0 aromatic carbocycles. The van der Waals surface area contributed by atoms with Crippen molar-refractivity contribution in [3.8, 4) is 0 Å². The molecule has 0 bridgehead atoms. The Morgan fingerprint density at radius 2 is 2.00 bits per heavy atom. The number of rotatable bonds is 4. The Balaban J connectivity index is 1.69. The first-order chi connectivity index (χ1) is 11.7. The van der Waals surface area contributed by atoms with Gasteiger partial charge in [0.2, 0.25) is 0 Å². The lowest BCUT2D eigenvalue weighted by Gasteiger charge is -2.31. The highest BCUT2D eigenvalue weighted by Crippen LogP contribution is 2.21. The molecule has 0 spiro atoms. The minimum absolute atomic E-state index is 0.0926. The largest absolute Gasteiger partial charge is 0.466 e. The van der Waals surface area contributed by atoms with Gasteiger partial charge in [0.05, 0.1) is 12.5 Å². The number of nitrogens with zero attached hydrogens (tertiary/aromatic N) is 3. The van der Waals surface area contributed by atoms with E-state index in [2.05, 4.69) is 9.88 Å². The minimum atomic E-state index is -0.218. The highest BCUT2D eigenvalue weighted by atomic mass is 16.5. The van der Waals surface area contributed by atoms with Crippen molar-refractivity contribution in [2.75, 3.05) is 37.7 Å². The Hall–Kier alpha value is -2.11. The number of aromatic nitrogens is 1. The van der Waals surface area contributed by atoms with E-state index in [1.54, 1.807) is 17.9 Å². The van der Waals surface area contributed by atoms with Gasteiger partial charge < -0.3 is 14.5 Å². The standard InChI is InChI=1S/C18H25N3O3/c1-2-24-18(23)14-7-6-12-21(13-14)17(22)15-8-5-9-16(19-15)20-10-3-4-11-20/h5,8-9,14H,2-4,6-7,10-13H2,1H3. The summed E-state index contributed by atoms with van der Waals surface area (Å²) < 4.78 is 5.10. The van der Waals surface area contributed by atoms with Crippen LogP contribution in [0.25, 0.3) is 0 Å². The number of ether oxygens (including phenoxy) is 1. The quantitative estimate of drug-likeness (QED) is 0.791. The topological polar surface area (TPSA) is 62.7 Å². The summed E-state index contributed by atoms with van der Waals surface area (Å²) in [4.78, 5) is 33.2. The number of likely N-dealkylation sites (tertiary alicyclic amines) is 1. The van der Waals surface area contributed by atoms with E-state index in [0.717, 1.165) is 31.7 Å². The van der Waals surface area contributed by atoms with Crippen molar-refractivity contribution in [1.82, 2.24) is 9.88 Å². The third-order valence-corrected chi connectivity index (χ3v) is 4.71. The van der Waals surface area contributed by atoms with Gasteiger partial charge >= 0.3 is 5.97 Å². The third kappa shape index (κ3) is 3.68. The molecule has 6 heteroatoms. The fourth-order valence-electron chi connectivity index (χ4n) is 3.44. The number of carbonyl (C=O) groups excluding carboxylic acids is 2. The maximum Gasteiger partial charge on any atom is 0.310 e. The highest BCUT2D eigenvalue weighted by Gasteiger charge is 2.30. The van der Waals surface area contributed by atoms with Crippen LogP contribution in [0.15, 0.2) is 18.2 Å². The smallest absolute Gasteiger partial charge is 0.310 e. The van der Waals surface area contributed by atoms with Gasteiger partial charge in [-0.05, 0) is 44.7 Å². The Labute approximate surface area is 142 Å². The lowest BCUT2D eigenvalue weighted by molar-refractivity contribution is -0.149. The maximum atomic E-state index is 12.8. The van der Waals surface area contributed by atoms with Gasteiger partial charge in [0, 0.05) is 26.2 Å². The summed E-state index contributed by atoms with van der Waals surface area (Å²) in [5, 5.41) is 0. The zero-order valence-corrected chi connectivity index (χ0v) is 14.2. The molecule has 3 heterocycles. The summed E-state index contributed by atoms with van der Waals surface area (Å²) in [5.74, 6) is 0.362. The molecule has 2 aliphatic rings. The number of amides is 1. The molecule has 2 saturated heterocycles. The van der Waals surface area contributed by atoms with Crippen molar-refractivity contribution in [2.45, 2.75) is 32.6 Å². The molecule has 130 valence electrons. The van der Waals surface area contributed by atoms with Gasteiger partial charge in [-0.15, -0.1) is 0 Å². The highest BCUT2D eigenvalue weighted by molar-refractivity contribution is 5.93. The fourth-order valence-corrected chi connectivity index (χ4v) is 3.44. The molecule has 1 amide bonds. The second-order valence-electron chi connectivity index (χ2n) is 6.42. The second kappa shape index (κ2) is 7.64. The van der Waals surface area contributed by atoms with E-state index in [9.17, 15) is 9.59 Å². The zero-order valence-electron chi connectivity index (χ0n) is 14.2. The van der Waals surface area contributed by atoms with Crippen LogP contribution in [0.3, 0.4) is 0 Å². The molecular weight excluding hydrogens is 306 g/mol. The average molecular weight is 331 g/mol. The van der Waals surface area contributed by atoms with Gasteiger partial charge in [0.25, 0.3) is 5.91 Å². The first-order valence-electron chi connectivity index (χ1n) is 8.87. The molecule has 2 fully saturated rings. The van der Waals surface area contributed by atoms with Crippen LogP contribution in [-0.4, -0.2) is 54.5 Å². The van der Waals surface area contributed by atoms with E-state index in [0.29, 0.717) is 25.4 Å². The van der Waals surface area contributed by atoms with E-state index < -0.39 is 0 Å². The summed E-state index contributed by atoms with van der Waals surface area (Å²) in [5.41, 5.74) is 0.462. The number of piperidine rings is 1. The van der Waals surface area contributed by atoms with Crippen LogP contribution >= 0.6 is 0 Å². The molecule has 0 saturated carbocycles. The van der Waals surface area contributed by atoms with Gasteiger partial charge in [0.1, 0.15) is 11.5 Å². The van der Waals surface area contributed by atoms with Crippen molar-refractivity contribution in [1.29, 1.82) is 0 Å². The summed E-state index contributed by atoms with van der Waals surface area (Å²) in [6, 6.07) is 5.61. The number of anilines is 1. The number of hydrogen-bond donors (Lipinski definition) is 0. The van der Waals surface area contributed by atoms with Crippen LogP contribution in [-0.2, 0) is 9.53 Å². The van der Waals surface area contributed by atoms with Crippen molar-refractivity contribution >= 4 is 17.7 Å². The Morgan fingerprint density at radius 1 is 1.21 bits per heavy atom. The van der Waals surface area contributed by atoms with Crippen LogP contribution < -0.4 is 4.90 Å². The van der Waals surface area contributed by atoms with E-state index in [-0.39, 0.29) is 17.8 Å². The van der Waals surface area contributed by atoms with Crippen LogP contribution in [0.5, 0.6) is 0 Å². The minimum Gasteiger partial charge on any atom is -0.466 e. The van der Waals surface area contributed by atoms with Crippen molar-refractivity contribution in [3.63, 3.8) is 0 Å². The van der Waals surface area contributed by atoms with Crippen LogP contribution in [0.4, 0.5) is 5.82 Å². The summed E-state index contributed by atoms with van der Waals surface area (Å²) in [6.07, 6.45) is 3.95.